The first-order valence-electron chi connectivity index (χ1n) is 9.93. The van der Waals surface area contributed by atoms with Crippen LogP contribution in [0.1, 0.15) is 16.9 Å². The molecule has 2 aliphatic heterocycles. The van der Waals surface area contributed by atoms with Gasteiger partial charge in [0.05, 0.1) is 12.1 Å². The highest BCUT2D eigenvalue weighted by Crippen LogP contribution is 2.34. The zero-order valence-corrected chi connectivity index (χ0v) is 17.6. The third-order valence-corrected chi connectivity index (χ3v) is 5.75. The number of aliphatic carboxylic acids is 1. The van der Waals surface area contributed by atoms with E-state index in [1.807, 2.05) is 16.8 Å². The minimum atomic E-state index is -5.08. The van der Waals surface area contributed by atoms with Crippen LogP contribution in [0.4, 0.5) is 23.2 Å². The third kappa shape index (κ3) is 5.33. The lowest BCUT2D eigenvalue weighted by Gasteiger charge is -2.46. The van der Waals surface area contributed by atoms with Gasteiger partial charge in [0.1, 0.15) is 11.5 Å². The molecule has 8 nitrogen and oxygen atoms in total. The van der Waals surface area contributed by atoms with E-state index < -0.39 is 12.1 Å². The van der Waals surface area contributed by atoms with Gasteiger partial charge in [0, 0.05) is 31.5 Å². The summed E-state index contributed by atoms with van der Waals surface area (Å²) in [6.07, 6.45) is -2.58. The van der Waals surface area contributed by atoms with E-state index >= 15 is 0 Å². The number of H-pyrrole nitrogens is 1. The second kappa shape index (κ2) is 9.22. The molecular weight excluding hydrogens is 448 g/mol. The Morgan fingerprint density at radius 2 is 1.85 bits per heavy atom. The molecule has 2 amide bonds. The second-order valence-corrected chi connectivity index (χ2v) is 7.90. The van der Waals surface area contributed by atoms with E-state index in [-0.39, 0.29) is 29.7 Å². The van der Waals surface area contributed by atoms with Gasteiger partial charge in [-0.25, -0.2) is 9.18 Å². The van der Waals surface area contributed by atoms with Gasteiger partial charge in [-0.05, 0) is 43.8 Å². The maximum atomic E-state index is 13.6. The molecule has 12 heteroatoms. The van der Waals surface area contributed by atoms with Crippen molar-refractivity contribution in [2.75, 3.05) is 38.1 Å². The van der Waals surface area contributed by atoms with Gasteiger partial charge >= 0.3 is 12.1 Å². The number of alkyl halides is 3. The van der Waals surface area contributed by atoms with Crippen molar-refractivity contribution in [1.82, 2.24) is 14.8 Å². The number of benzene rings is 1. The van der Waals surface area contributed by atoms with Crippen molar-refractivity contribution >= 4 is 23.5 Å². The van der Waals surface area contributed by atoms with Gasteiger partial charge < -0.3 is 19.9 Å². The van der Waals surface area contributed by atoms with Crippen LogP contribution in [0.5, 0.6) is 0 Å². The van der Waals surface area contributed by atoms with Crippen LogP contribution < -0.4 is 4.90 Å². The molecule has 3 heterocycles. The number of aromatic amines is 1. The van der Waals surface area contributed by atoms with E-state index in [9.17, 15) is 27.2 Å². The zero-order valence-electron chi connectivity index (χ0n) is 17.6. The number of anilines is 1. The third-order valence-electron chi connectivity index (χ3n) is 5.75. The molecule has 2 aromatic rings. The predicted molar refractivity (Wildman–Crippen MR) is 109 cm³/mol. The zero-order chi connectivity index (χ0) is 24.4. The highest BCUT2D eigenvalue weighted by molar-refractivity contribution is 5.96. The quantitative estimate of drug-likeness (QED) is 0.657. The Kier molecular flexibility index (Phi) is 6.77. The molecule has 2 saturated heterocycles. The van der Waals surface area contributed by atoms with Gasteiger partial charge in [0.15, 0.2) is 0 Å². The number of carbonyl (C=O) groups excluding carboxylic acids is 2. The maximum absolute atomic E-state index is 13.6. The summed E-state index contributed by atoms with van der Waals surface area (Å²) in [5.74, 6) is -3.21. The van der Waals surface area contributed by atoms with Crippen LogP contribution in [0.3, 0.4) is 0 Å². The number of hydrogen-bond donors (Lipinski definition) is 2. The molecule has 1 unspecified atom stereocenters. The lowest BCUT2D eigenvalue weighted by molar-refractivity contribution is -0.192. The number of aromatic nitrogens is 1. The number of amides is 2. The molecule has 33 heavy (non-hydrogen) atoms. The summed E-state index contributed by atoms with van der Waals surface area (Å²) in [7, 11) is 1.92. The van der Waals surface area contributed by atoms with Crippen LogP contribution in [0.25, 0.3) is 0 Å². The summed E-state index contributed by atoms with van der Waals surface area (Å²) in [6, 6.07) is 9.67. The van der Waals surface area contributed by atoms with Crippen LogP contribution in [0.15, 0.2) is 42.6 Å². The van der Waals surface area contributed by atoms with Gasteiger partial charge in [0.2, 0.25) is 5.91 Å². The molecule has 2 fully saturated rings. The van der Waals surface area contributed by atoms with Crippen molar-refractivity contribution in [2.45, 2.75) is 18.1 Å². The molecule has 2 aliphatic rings. The minimum Gasteiger partial charge on any atom is -0.475 e. The summed E-state index contributed by atoms with van der Waals surface area (Å²) in [6.45, 7) is 1.87. The maximum Gasteiger partial charge on any atom is 0.490 e. The van der Waals surface area contributed by atoms with Gasteiger partial charge in [-0.15, -0.1) is 0 Å². The molecule has 1 aromatic carbocycles. The summed E-state index contributed by atoms with van der Waals surface area (Å²) >= 11 is 0. The molecule has 4 rings (SSSR count). The molecule has 0 aliphatic carbocycles. The first kappa shape index (κ1) is 24.2. The molecule has 0 saturated carbocycles. The van der Waals surface area contributed by atoms with Crippen molar-refractivity contribution in [3.63, 3.8) is 0 Å². The lowest BCUT2D eigenvalue weighted by Crippen LogP contribution is -2.64. The number of carbonyl (C=O) groups is 3. The smallest absolute Gasteiger partial charge is 0.475 e. The molecule has 1 aromatic heterocycles. The van der Waals surface area contributed by atoms with Crippen LogP contribution in [0.2, 0.25) is 0 Å². The van der Waals surface area contributed by atoms with E-state index in [1.54, 1.807) is 35.4 Å². The van der Waals surface area contributed by atoms with E-state index in [1.165, 1.54) is 12.1 Å². The summed E-state index contributed by atoms with van der Waals surface area (Å²) in [5.41, 5.74) is 0.817. The second-order valence-electron chi connectivity index (χ2n) is 7.90. The van der Waals surface area contributed by atoms with Crippen LogP contribution >= 0.6 is 0 Å². The first-order chi connectivity index (χ1) is 15.4. The molecule has 1 atom stereocenters. The molecule has 2 N–H and O–H groups in total. The molecule has 0 bridgehead atoms. The molecule has 0 radical (unpaired) electrons. The fraction of sp³-hybridized carbons (Fsp3) is 0.381. The van der Waals surface area contributed by atoms with E-state index in [0.29, 0.717) is 31.0 Å². The Morgan fingerprint density at radius 1 is 1.15 bits per heavy atom. The Morgan fingerprint density at radius 3 is 2.42 bits per heavy atom. The number of carboxylic acid groups (broad SMARTS) is 1. The highest BCUT2D eigenvalue weighted by atomic mass is 19.4. The number of likely N-dealkylation sites (tertiary alicyclic amines) is 1. The Bertz CT molecular complexity index is 1030. The Labute approximate surface area is 186 Å². The standard InChI is InChI=1S/C19H21FN4O2.C2HF3O2/c1-22-11-17(25)24(15-5-2-4-14(20)10-15)13-19(22)7-9-23(12-19)18(26)16-6-3-8-21-16;3-2(4,5)1(6)7/h2-6,8,10,21H,7,9,11-13H2,1H3;(H,6,7). The van der Waals surface area contributed by atoms with E-state index in [2.05, 4.69) is 4.98 Å². The average molecular weight is 470 g/mol. The predicted octanol–water partition coefficient (Wildman–Crippen LogP) is 2.35. The SMILES string of the molecule is CN1CC(=O)N(c2cccc(F)c2)CC12CCN(C(=O)c1ccc[nH]1)C2.O=C(O)C(F)(F)F. The van der Waals surface area contributed by atoms with Gasteiger partial charge in [-0.3, -0.25) is 14.5 Å². The van der Waals surface area contributed by atoms with E-state index in [4.69, 9.17) is 9.90 Å². The number of hydrogen-bond acceptors (Lipinski definition) is 4. The van der Waals surface area contributed by atoms with Crippen molar-refractivity contribution in [2.24, 2.45) is 0 Å². The number of nitrogens with one attached hydrogen (secondary N) is 1. The van der Waals surface area contributed by atoms with Crippen molar-refractivity contribution in [1.29, 1.82) is 0 Å². The van der Waals surface area contributed by atoms with Crippen molar-refractivity contribution < 1.29 is 37.1 Å². The Hall–Kier alpha value is -3.41. The molecular formula is C21H22F4N4O4. The van der Waals surface area contributed by atoms with Crippen LogP contribution in [0, 0.1) is 5.82 Å². The van der Waals surface area contributed by atoms with Gasteiger partial charge in [0.25, 0.3) is 5.91 Å². The first-order valence-corrected chi connectivity index (χ1v) is 9.93. The van der Waals surface area contributed by atoms with Crippen molar-refractivity contribution in [3.05, 3.63) is 54.1 Å². The number of halogens is 4. The topological polar surface area (TPSA) is 97.0 Å². The molecule has 1 spiro atoms. The lowest BCUT2D eigenvalue weighted by atomic mass is 9.92. The Balaban J connectivity index is 0.000000383. The fourth-order valence-electron chi connectivity index (χ4n) is 3.94. The number of likely N-dealkylation sites (N-methyl/N-ethyl adjacent to an activating group) is 1. The number of nitrogens with zero attached hydrogens (tertiary/aromatic N) is 3. The van der Waals surface area contributed by atoms with Gasteiger partial charge in [-0.2, -0.15) is 13.2 Å². The number of rotatable bonds is 2. The number of piperazine rings is 1. The summed E-state index contributed by atoms with van der Waals surface area (Å²) < 4.78 is 45.4. The monoisotopic (exact) mass is 470 g/mol. The van der Waals surface area contributed by atoms with E-state index in [0.717, 1.165) is 6.42 Å². The minimum absolute atomic E-state index is 0.0329. The van der Waals surface area contributed by atoms with Crippen LogP contribution in [-0.2, 0) is 9.59 Å². The summed E-state index contributed by atoms with van der Waals surface area (Å²) in [5, 5.41) is 7.12. The van der Waals surface area contributed by atoms with Gasteiger partial charge in [-0.1, -0.05) is 6.07 Å². The normalized spacial score (nSPS) is 21.2. The molecule has 178 valence electrons. The number of carboxylic acids is 1. The average Bonchev–Trinajstić information content (AvgIpc) is 3.41. The highest BCUT2D eigenvalue weighted by Gasteiger charge is 2.48. The largest absolute Gasteiger partial charge is 0.490 e. The fourth-order valence-corrected chi connectivity index (χ4v) is 3.94. The van der Waals surface area contributed by atoms with Crippen LogP contribution in [-0.4, -0.2) is 82.6 Å². The summed E-state index contributed by atoms with van der Waals surface area (Å²) in [4.78, 5) is 42.5. The van der Waals surface area contributed by atoms with Crippen molar-refractivity contribution in [3.8, 4) is 0 Å².